The zero-order valence-corrected chi connectivity index (χ0v) is 14.6. The lowest BCUT2D eigenvalue weighted by Crippen LogP contribution is -2.13. The average Bonchev–Trinajstić information content (AvgIpc) is 2.89. The van der Waals surface area contributed by atoms with Crippen molar-refractivity contribution in [2.24, 2.45) is 0 Å². The molecule has 0 spiro atoms. The maximum absolute atomic E-state index is 12.6. The van der Waals surface area contributed by atoms with Gasteiger partial charge in [-0.1, -0.05) is 57.5 Å². The van der Waals surface area contributed by atoms with Gasteiger partial charge < -0.3 is 4.52 Å². The standard InChI is InChI=1S/C16H13BrN2O3S/c1-11-15(16(22-18-11)12-6-3-2-4-7-12)19-23(20,21)14-9-5-8-13(17)10-14/h2-10,19H,1H3. The second kappa shape index (κ2) is 6.17. The molecule has 1 heterocycles. The van der Waals surface area contributed by atoms with Crippen LogP contribution >= 0.6 is 15.9 Å². The van der Waals surface area contributed by atoms with Crippen LogP contribution in [0.1, 0.15) is 5.69 Å². The maximum Gasteiger partial charge on any atom is 0.262 e. The van der Waals surface area contributed by atoms with E-state index in [-0.39, 0.29) is 4.90 Å². The first-order valence-electron chi connectivity index (χ1n) is 6.77. The first-order valence-corrected chi connectivity index (χ1v) is 9.05. The van der Waals surface area contributed by atoms with Gasteiger partial charge in [-0.15, -0.1) is 0 Å². The van der Waals surface area contributed by atoms with Gasteiger partial charge in [0, 0.05) is 10.0 Å². The number of benzene rings is 2. The van der Waals surface area contributed by atoms with Crippen LogP contribution in [0.15, 0.2) is 68.5 Å². The van der Waals surface area contributed by atoms with Crippen molar-refractivity contribution in [3.63, 3.8) is 0 Å². The van der Waals surface area contributed by atoms with Crippen molar-refractivity contribution in [1.29, 1.82) is 0 Å². The Morgan fingerprint density at radius 1 is 1.09 bits per heavy atom. The third-order valence-electron chi connectivity index (χ3n) is 3.24. The Balaban J connectivity index is 2.02. The third-order valence-corrected chi connectivity index (χ3v) is 5.08. The molecule has 3 rings (SSSR count). The second-order valence-electron chi connectivity index (χ2n) is 4.90. The summed E-state index contributed by atoms with van der Waals surface area (Å²) in [5.74, 6) is 0.390. The highest BCUT2D eigenvalue weighted by molar-refractivity contribution is 9.10. The van der Waals surface area contributed by atoms with Crippen LogP contribution in [0.3, 0.4) is 0 Å². The van der Waals surface area contributed by atoms with Crippen molar-refractivity contribution >= 4 is 31.6 Å². The molecule has 3 aromatic rings. The third kappa shape index (κ3) is 3.30. The lowest BCUT2D eigenvalue weighted by Gasteiger charge is -2.08. The molecular weight excluding hydrogens is 380 g/mol. The van der Waals surface area contributed by atoms with Crippen LogP contribution in [0.25, 0.3) is 11.3 Å². The van der Waals surface area contributed by atoms with E-state index >= 15 is 0 Å². The van der Waals surface area contributed by atoms with Crippen LogP contribution in [-0.4, -0.2) is 13.6 Å². The predicted octanol–water partition coefficient (Wildman–Crippen LogP) is 4.21. The number of anilines is 1. The van der Waals surface area contributed by atoms with E-state index in [1.165, 1.54) is 12.1 Å². The summed E-state index contributed by atoms with van der Waals surface area (Å²) < 4.78 is 33.7. The number of nitrogens with zero attached hydrogens (tertiary/aromatic N) is 1. The molecule has 0 radical (unpaired) electrons. The Morgan fingerprint density at radius 3 is 2.52 bits per heavy atom. The molecule has 0 aliphatic heterocycles. The first kappa shape index (κ1) is 15.8. The molecule has 7 heteroatoms. The van der Waals surface area contributed by atoms with Crippen LogP contribution in [-0.2, 0) is 10.0 Å². The topological polar surface area (TPSA) is 72.2 Å². The van der Waals surface area contributed by atoms with Gasteiger partial charge in [0.1, 0.15) is 11.4 Å². The molecular formula is C16H13BrN2O3S. The monoisotopic (exact) mass is 392 g/mol. The largest absolute Gasteiger partial charge is 0.354 e. The summed E-state index contributed by atoms with van der Waals surface area (Å²) in [4.78, 5) is 0.159. The second-order valence-corrected chi connectivity index (χ2v) is 7.50. The minimum Gasteiger partial charge on any atom is -0.354 e. The van der Waals surface area contributed by atoms with Gasteiger partial charge >= 0.3 is 0 Å². The van der Waals surface area contributed by atoms with Crippen LogP contribution < -0.4 is 4.72 Å². The van der Waals surface area contributed by atoms with Crippen LogP contribution in [0, 0.1) is 6.92 Å². The minimum absolute atomic E-state index is 0.159. The Hall–Kier alpha value is -2.12. The Labute approximate surface area is 142 Å². The normalized spacial score (nSPS) is 11.4. The summed E-state index contributed by atoms with van der Waals surface area (Å²) in [5, 5.41) is 3.88. The fourth-order valence-electron chi connectivity index (χ4n) is 2.10. The van der Waals surface area contributed by atoms with Crippen molar-refractivity contribution in [3.05, 3.63) is 64.8 Å². The summed E-state index contributed by atoms with van der Waals surface area (Å²) in [7, 11) is -3.74. The summed E-state index contributed by atoms with van der Waals surface area (Å²) in [6, 6.07) is 15.7. The summed E-state index contributed by atoms with van der Waals surface area (Å²) in [5.41, 5.74) is 1.57. The highest BCUT2D eigenvalue weighted by Gasteiger charge is 2.22. The summed E-state index contributed by atoms with van der Waals surface area (Å²) >= 11 is 3.28. The van der Waals surface area contributed by atoms with Crippen LogP contribution in [0.5, 0.6) is 0 Å². The van der Waals surface area contributed by atoms with Gasteiger partial charge in [-0.25, -0.2) is 8.42 Å². The predicted molar refractivity (Wildman–Crippen MR) is 91.6 cm³/mol. The van der Waals surface area contributed by atoms with Crippen molar-refractivity contribution < 1.29 is 12.9 Å². The van der Waals surface area contributed by atoms with E-state index in [1.54, 1.807) is 19.1 Å². The molecule has 0 aliphatic rings. The van der Waals surface area contributed by atoms with E-state index in [2.05, 4.69) is 25.8 Å². The van der Waals surface area contributed by atoms with Gasteiger partial charge in [-0.05, 0) is 25.1 Å². The number of hydrogen-bond donors (Lipinski definition) is 1. The van der Waals surface area contributed by atoms with Gasteiger partial charge in [0.2, 0.25) is 0 Å². The molecule has 1 aromatic heterocycles. The number of halogens is 1. The fraction of sp³-hybridized carbons (Fsp3) is 0.0625. The maximum atomic E-state index is 12.6. The van der Waals surface area contributed by atoms with Crippen molar-refractivity contribution in [2.45, 2.75) is 11.8 Å². The van der Waals surface area contributed by atoms with Gasteiger partial charge in [-0.2, -0.15) is 0 Å². The molecule has 0 amide bonds. The quantitative estimate of drug-likeness (QED) is 0.721. The minimum atomic E-state index is -3.74. The van der Waals surface area contributed by atoms with Crippen LogP contribution in [0.4, 0.5) is 5.69 Å². The molecule has 1 N–H and O–H groups in total. The molecule has 23 heavy (non-hydrogen) atoms. The zero-order valence-electron chi connectivity index (χ0n) is 12.2. The highest BCUT2D eigenvalue weighted by Crippen LogP contribution is 2.32. The molecule has 0 unspecified atom stereocenters. The van der Waals surface area contributed by atoms with E-state index in [0.717, 1.165) is 5.56 Å². The lowest BCUT2D eigenvalue weighted by atomic mass is 10.1. The van der Waals surface area contributed by atoms with Gasteiger partial charge in [0.05, 0.1) is 4.90 Å². The van der Waals surface area contributed by atoms with Crippen molar-refractivity contribution in [2.75, 3.05) is 4.72 Å². The van der Waals surface area contributed by atoms with Crippen molar-refractivity contribution in [3.8, 4) is 11.3 Å². The molecule has 0 saturated carbocycles. The molecule has 0 fully saturated rings. The van der Waals surface area contributed by atoms with E-state index in [1.807, 2.05) is 30.3 Å². The summed E-state index contributed by atoms with van der Waals surface area (Å²) in [6.45, 7) is 1.69. The number of sulfonamides is 1. The summed E-state index contributed by atoms with van der Waals surface area (Å²) in [6.07, 6.45) is 0. The van der Waals surface area contributed by atoms with Gasteiger partial charge in [0.25, 0.3) is 10.0 Å². The number of aromatic nitrogens is 1. The fourth-order valence-corrected chi connectivity index (χ4v) is 3.82. The van der Waals surface area contributed by atoms with Crippen molar-refractivity contribution in [1.82, 2.24) is 5.16 Å². The number of rotatable bonds is 4. The Kier molecular flexibility index (Phi) is 4.23. The highest BCUT2D eigenvalue weighted by atomic mass is 79.9. The van der Waals surface area contributed by atoms with E-state index < -0.39 is 10.0 Å². The average molecular weight is 393 g/mol. The van der Waals surface area contributed by atoms with Gasteiger partial charge in [-0.3, -0.25) is 4.72 Å². The number of hydrogen-bond acceptors (Lipinski definition) is 4. The van der Waals surface area contributed by atoms with E-state index in [9.17, 15) is 8.42 Å². The molecule has 2 aromatic carbocycles. The molecule has 0 bridgehead atoms. The number of aryl methyl sites for hydroxylation is 1. The smallest absolute Gasteiger partial charge is 0.262 e. The zero-order chi connectivity index (χ0) is 16.4. The SMILES string of the molecule is Cc1noc(-c2ccccc2)c1NS(=O)(=O)c1cccc(Br)c1. The van der Waals surface area contributed by atoms with E-state index in [4.69, 9.17) is 4.52 Å². The lowest BCUT2D eigenvalue weighted by molar-refractivity contribution is 0.427. The molecule has 0 atom stereocenters. The molecule has 5 nitrogen and oxygen atoms in total. The Bertz CT molecular complexity index is 937. The van der Waals surface area contributed by atoms with Gasteiger partial charge in [0.15, 0.2) is 5.76 Å². The van der Waals surface area contributed by atoms with E-state index in [0.29, 0.717) is 21.6 Å². The molecule has 118 valence electrons. The van der Waals surface area contributed by atoms with Crippen LogP contribution in [0.2, 0.25) is 0 Å². The first-order chi connectivity index (χ1) is 11.0. The molecule has 0 aliphatic carbocycles. The number of nitrogens with one attached hydrogen (secondary N) is 1. The Morgan fingerprint density at radius 2 is 1.83 bits per heavy atom. The molecule has 0 saturated heterocycles.